The van der Waals surface area contributed by atoms with Crippen molar-refractivity contribution in [3.8, 4) is 0 Å². The number of amides is 2. The summed E-state index contributed by atoms with van der Waals surface area (Å²) in [5, 5.41) is 0. The molecule has 0 unspecified atom stereocenters. The van der Waals surface area contributed by atoms with E-state index in [1.807, 2.05) is 12.1 Å². The molecule has 1 aromatic rings. The molecule has 0 N–H and O–H groups in total. The highest BCUT2D eigenvalue weighted by atomic mass is 35.5. The van der Waals surface area contributed by atoms with Crippen molar-refractivity contribution in [3.05, 3.63) is 35.4 Å². The van der Waals surface area contributed by atoms with E-state index < -0.39 is 0 Å². The molecule has 1 aliphatic rings. The van der Waals surface area contributed by atoms with Gasteiger partial charge in [0.05, 0.1) is 26.2 Å². The van der Waals surface area contributed by atoms with Gasteiger partial charge in [-0.05, 0) is 11.6 Å². The maximum Gasteiger partial charge on any atom is 0.260 e. The van der Waals surface area contributed by atoms with E-state index >= 15 is 0 Å². The van der Waals surface area contributed by atoms with Gasteiger partial charge in [0.2, 0.25) is 5.91 Å². The summed E-state index contributed by atoms with van der Waals surface area (Å²) in [4.78, 5) is 25.2. The number of nitrogens with zero attached hydrogens (tertiary/aromatic N) is 1. The van der Waals surface area contributed by atoms with Crippen LogP contribution in [0.4, 0.5) is 0 Å². The van der Waals surface area contributed by atoms with Crippen LogP contribution in [0.25, 0.3) is 0 Å². The van der Waals surface area contributed by atoms with E-state index in [0.29, 0.717) is 24.7 Å². The quantitative estimate of drug-likeness (QED) is 0.461. The molecule has 0 atom stereocenters. The van der Waals surface area contributed by atoms with Crippen LogP contribution in [-0.2, 0) is 16.0 Å². The molecule has 5 heteroatoms. The van der Waals surface area contributed by atoms with Crippen LogP contribution in [-0.4, -0.2) is 42.4 Å². The van der Waals surface area contributed by atoms with Gasteiger partial charge in [0, 0.05) is 11.4 Å². The highest BCUT2D eigenvalue weighted by Gasteiger charge is 2.29. The number of hydrogen-bond donors (Lipinski definition) is 0. The predicted molar refractivity (Wildman–Crippen MR) is 67.7 cm³/mol. The molecular formula is C13H14ClNO3. The van der Waals surface area contributed by atoms with Crippen molar-refractivity contribution in [2.24, 2.45) is 0 Å². The Kier molecular flexibility index (Phi) is 4.33. The summed E-state index contributed by atoms with van der Waals surface area (Å²) in [6.45, 7) is 1.03. The number of imide groups is 1. The van der Waals surface area contributed by atoms with Gasteiger partial charge in [0.25, 0.3) is 5.91 Å². The Balaban J connectivity index is 2.05. The van der Waals surface area contributed by atoms with Gasteiger partial charge in [-0.2, -0.15) is 0 Å². The first-order chi connectivity index (χ1) is 8.74. The molecule has 1 aliphatic heterocycles. The molecule has 2 rings (SSSR count). The van der Waals surface area contributed by atoms with Crippen molar-refractivity contribution >= 4 is 23.4 Å². The second-order valence-electron chi connectivity index (χ2n) is 3.99. The molecule has 0 bridgehead atoms. The number of hydrogen-bond acceptors (Lipinski definition) is 3. The molecular weight excluding hydrogens is 254 g/mol. The van der Waals surface area contributed by atoms with Crippen molar-refractivity contribution in [1.82, 2.24) is 4.90 Å². The van der Waals surface area contributed by atoms with Gasteiger partial charge in [-0.3, -0.25) is 14.5 Å². The minimum atomic E-state index is -0.240. The Morgan fingerprint density at radius 1 is 1.22 bits per heavy atom. The first-order valence-electron chi connectivity index (χ1n) is 5.80. The van der Waals surface area contributed by atoms with E-state index in [4.69, 9.17) is 16.3 Å². The van der Waals surface area contributed by atoms with Crippen LogP contribution in [0.15, 0.2) is 24.3 Å². The molecule has 4 nitrogen and oxygen atoms in total. The van der Waals surface area contributed by atoms with Crippen molar-refractivity contribution in [2.75, 3.05) is 25.6 Å². The largest absolute Gasteiger partial charge is 0.378 e. The van der Waals surface area contributed by atoms with Crippen molar-refractivity contribution in [2.45, 2.75) is 6.42 Å². The van der Waals surface area contributed by atoms with E-state index in [1.165, 1.54) is 4.90 Å². The Bertz CT molecular complexity index is 461. The summed E-state index contributed by atoms with van der Waals surface area (Å²) < 4.78 is 5.19. The van der Waals surface area contributed by atoms with Gasteiger partial charge in [-0.25, -0.2) is 0 Å². The number of rotatable bonds is 5. The fourth-order valence-corrected chi connectivity index (χ4v) is 2.05. The summed E-state index contributed by atoms with van der Waals surface area (Å²) in [7, 11) is 0. The number of fused-ring (bicyclic) bond motifs is 1. The Hall–Kier alpha value is -1.39. The third kappa shape index (κ3) is 2.71. The number of halogens is 1. The number of carbonyl (C=O) groups excluding carboxylic acids is 2. The van der Waals surface area contributed by atoms with Crippen LogP contribution in [0.3, 0.4) is 0 Å². The predicted octanol–water partition coefficient (Wildman–Crippen LogP) is 1.47. The van der Waals surface area contributed by atoms with E-state index in [-0.39, 0.29) is 24.8 Å². The molecule has 0 radical (unpaired) electrons. The monoisotopic (exact) mass is 267 g/mol. The SMILES string of the molecule is O=C1Cc2ccccc2C(=O)N1CCOCCCl. The average molecular weight is 268 g/mol. The van der Waals surface area contributed by atoms with Crippen LogP contribution in [0, 0.1) is 0 Å². The average Bonchev–Trinajstić information content (AvgIpc) is 2.38. The third-order valence-corrected chi connectivity index (χ3v) is 2.97. The smallest absolute Gasteiger partial charge is 0.260 e. The second-order valence-corrected chi connectivity index (χ2v) is 4.36. The van der Waals surface area contributed by atoms with E-state index in [0.717, 1.165) is 5.56 Å². The molecule has 1 heterocycles. The lowest BCUT2D eigenvalue weighted by molar-refractivity contribution is -0.129. The standard InChI is InChI=1S/C13H14ClNO3/c14-5-7-18-8-6-15-12(16)9-10-3-1-2-4-11(10)13(15)17/h1-4H,5-9H2. The topological polar surface area (TPSA) is 46.6 Å². The molecule has 18 heavy (non-hydrogen) atoms. The lowest BCUT2D eigenvalue weighted by Crippen LogP contribution is -2.44. The lowest BCUT2D eigenvalue weighted by Gasteiger charge is -2.26. The second kappa shape index (κ2) is 5.98. The van der Waals surface area contributed by atoms with Gasteiger partial charge in [-0.15, -0.1) is 11.6 Å². The molecule has 1 aromatic carbocycles. The summed E-state index contributed by atoms with van der Waals surface area (Å²) in [6.07, 6.45) is 0.275. The van der Waals surface area contributed by atoms with E-state index in [1.54, 1.807) is 12.1 Å². The number of benzene rings is 1. The van der Waals surface area contributed by atoms with Gasteiger partial charge < -0.3 is 4.74 Å². The summed E-state index contributed by atoms with van der Waals surface area (Å²) in [6, 6.07) is 7.19. The number of carbonyl (C=O) groups is 2. The van der Waals surface area contributed by atoms with Gasteiger partial charge in [0.1, 0.15) is 0 Å². The minimum absolute atomic E-state index is 0.173. The minimum Gasteiger partial charge on any atom is -0.378 e. The molecule has 2 amide bonds. The van der Waals surface area contributed by atoms with Crippen LogP contribution in [0.5, 0.6) is 0 Å². The van der Waals surface area contributed by atoms with Crippen LogP contribution in [0.2, 0.25) is 0 Å². The van der Waals surface area contributed by atoms with Crippen molar-refractivity contribution in [1.29, 1.82) is 0 Å². The first-order valence-corrected chi connectivity index (χ1v) is 6.34. The highest BCUT2D eigenvalue weighted by Crippen LogP contribution is 2.19. The zero-order chi connectivity index (χ0) is 13.0. The van der Waals surface area contributed by atoms with E-state index in [9.17, 15) is 9.59 Å². The van der Waals surface area contributed by atoms with E-state index in [2.05, 4.69) is 0 Å². The Morgan fingerprint density at radius 2 is 2.00 bits per heavy atom. The first kappa shape index (κ1) is 13.1. The van der Waals surface area contributed by atoms with Crippen LogP contribution >= 0.6 is 11.6 Å². The lowest BCUT2D eigenvalue weighted by atomic mass is 9.99. The molecule has 0 saturated heterocycles. The third-order valence-electron chi connectivity index (χ3n) is 2.82. The molecule has 0 fully saturated rings. The molecule has 0 aliphatic carbocycles. The van der Waals surface area contributed by atoms with Gasteiger partial charge in [0.15, 0.2) is 0 Å². The highest BCUT2D eigenvalue weighted by molar-refractivity contribution is 6.18. The summed E-state index contributed by atoms with van der Waals surface area (Å²) in [5.74, 6) is -0.00504. The molecule has 0 spiro atoms. The number of ether oxygens (including phenoxy) is 1. The zero-order valence-electron chi connectivity index (χ0n) is 9.89. The van der Waals surface area contributed by atoms with Crippen LogP contribution < -0.4 is 0 Å². The molecule has 96 valence electrons. The molecule has 0 saturated carbocycles. The molecule has 0 aromatic heterocycles. The Morgan fingerprint density at radius 3 is 2.78 bits per heavy atom. The fraction of sp³-hybridized carbons (Fsp3) is 0.385. The van der Waals surface area contributed by atoms with Gasteiger partial charge in [-0.1, -0.05) is 18.2 Å². The number of alkyl halides is 1. The summed E-state index contributed by atoms with van der Waals surface area (Å²) in [5.41, 5.74) is 1.40. The maximum atomic E-state index is 12.1. The van der Waals surface area contributed by atoms with Gasteiger partial charge >= 0.3 is 0 Å². The Labute approximate surface area is 110 Å². The van der Waals surface area contributed by atoms with Crippen LogP contribution in [0.1, 0.15) is 15.9 Å². The fourth-order valence-electron chi connectivity index (χ4n) is 1.94. The normalized spacial score (nSPS) is 14.8. The van der Waals surface area contributed by atoms with Crippen molar-refractivity contribution in [3.63, 3.8) is 0 Å². The zero-order valence-corrected chi connectivity index (χ0v) is 10.7. The van der Waals surface area contributed by atoms with Crippen molar-refractivity contribution < 1.29 is 14.3 Å². The summed E-state index contributed by atoms with van der Waals surface area (Å²) >= 11 is 5.47. The maximum absolute atomic E-state index is 12.1.